The van der Waals surface area contributed by atoms with E-state index in [9.17, 15) is 9.18 Å². The first-order valence-electron chi connectivity index (χ1n) is 6.65. The van der Waals surface area contributed by atoms with Gasteiger partial charge in [0.25, 0.3) is 0 Å². The van der Waals surface area contributed by atoms with E-state index < -0.39 is 0 Å². The Kier molecular flexibility index (Phi) is 3.43. The van der Waals surface area contributed by atoms with Crippen LogP contribution in [-0.2, 0) is 18.4 Å². The number of benzene rings is 1. The SMILES string of the molecule is Cn1cc(NC(=O)CCn2ccc3ccc(F)cc32)cn1. The summed E-state index contributed by atoms with van der Waals surface area (Å²) in [5.74, 6) is -0.372. The monoisotopic (exact) mass is 286 g/mol. The molecule has 1 N–H and O–H groups in total. The van der Waals surface area contributed by atoms with Crippen molar-refractivity contribution in [1.29, 1.82) is 0 Å². The summed E-state index contributed by atoms with van der Waals surface area (Å²) in [5, 5.41) is 7.72. The van der Waals surface area contributed by atoms with Crippen molar-refractivity contribution < 1.29 is 9.18 Å². The van der Waals surface area contributed by atoms with Crippen LogP contribution in [-0.4, -0.2) is 20.3 Å². The third kappa shape index (κ3) is 2.94. The summed E-state index contributed by atoms with van der Waals surface area (Å²) in [7, 11) is 1.79. The van der Waals surface area contributed by atoms with Gasteiger partial charge in [-0.15, -0.1) is 0 Å². The largest absolute Gasteiger partial charge is 0.347 e. The van der Waals surface area contributed by atoms with Crippen LogP contribution in [0.25, 0.3) is 10.9 Å². The summed E-state index contributed by atoms with van der Waals surface area (Å²) in [5.41, 5.74) is 1.47. The second-order valence-corrected chi connectivity index (χ2v) is 4.91. The van der Waals surface area contributed by atoms with E-state index >= 15 is 0 Å². The van der Waals surface area contributed by atoms with E-state index in [1.807, 2.05) is 16.8 Å². The molecule has 1 amide bonds. The number of rotatable bonds is 4. The number of carbonyl (C=O) groups is 1. The lowest BCUT2D eigenvalue weighted by Gasteiger charge is -2.06. The topological polar surface area (TPSA) is 51.9 Å². The van der Waals surface area contributed by atoms with Crippen LogP contribution in [0.3, 0.4) is 0 Å². The van der Waals surface area contributed by atoms with Crippen molar-refractivity contribution in [2.75, 3.05) is 5.32 Å². The number of halogens is 1. The van der Waals surface area contributed by atoms with Crippen LogP contribution >= 0.6 is 0 Å². The van der Waals surface area contributed by atoms with Gasteiger partial charge in [-0.3, -0.25) is 9.48 Å². The lowest BCUT2D eigenvalue weighted by Crippen LogP contribution is -2.13. The second kappa shape index (κ2) is 5.40. The molecule has 1 aromatic carbocycles. The Morgan fingerprint density at radius 2 is 2.24 bits per heavy atom. The molecule has 2 aromatic heterocycles. The Balaban J connectivity index is 1.66. The molecule has 0 atom stereocenters. The predicted octanol–water partition coefficient (Wildman–Crippen LogP) is 2.54. The molecule has 0 aliphatic carbocycles. The average Bonchev–Trinajstić information content (AvgIpc) is 3.03. The zero-order valence-electron chi connectivity index (χ0n) is 11.6. The van der Waals surface area contributed by atoms with Crippen molar-refractivity contribution in [3.05, 3.63) is 48.7 Å². The Hall–Kier alpha value is -2.63. The van der Waals surface area contributed by atoms with Crippen LogP contribution in [0, 0.1) is 5.82 Å². The maximum atomic E-state index is 13.3. The van der Waals surface area contributed by atoms with Crippen molar-refractivity contribution in [3.63, 3.8) is 0 Å². The van der Waals surface area contributed by atoms with Gasteiger partial charge in [-0.25, -0.2) is 4.39 Å². The average molecular weight is 286 g/mol. The van der Waals surface area contributed by atoms with Crippen LogP contribution in [0.1, 0.15) is 6.42 Å². The van der Waals surface area contributed by atoms with Crippen molar-refractivity contribution in [3.8, 4) is 0 Å². The fourth-order valence-electron chi connectivity index (χ4n) is 2.28. The van der Waals surface area contributed by atoms with E-state index in [0.29, 0.717) is 18.7 Å². The summed E-state index contributed by atoms with van der Waals surface area (Å²) in [6, 6.07) is 6.56. The summed E-state index contributed by atoms with van der Waals surface area (Å²) in [6.07, 6.45) is 5.51. The molecule has 0 fully saturated rings. The van der Waals surface area contributed by atoms with E-state index in [2.05, 4.69) is 10.4 Å². The molecule has 0 unspecified atom stereocenters. The minimum atomic E-state index is -0.276. The van der Waals surface area contributed by atoms with Gasteiger partial charge in [-0.2, -0.15) is 5.10 Å². The van der Waals surface area contributed by atoms with Gasteiger partial charge in [0.05, 0.1) is 17.4 Å². The van der Waals surface area contributed by atoms with Crippen LogP contribution < -0.4 is 5.32 Å². The summed E-state index contributed by atoms with van der Waals surface area (Å²) in [4.78, 5) is 11.9. The number of nitrogens with one attached hydrogen (secondary N) is 1. The molecular formula is C15H15FN4O. The standard InChI is InChI=1S/C15H15FN4O/c1-19-10-13(9-17-19)18-15(21)5-7-20-6-4-11-2-3-12(16)8-14(11)20/h2-4,6,8-10H,5,7H2,1H3,(H,18,21). The number of amides is 1. The van der Waals surface area contributed by atoms with E-state index in [-0.39, 0.29) is 11.7 Å². The fourth-order valence-corrected chi connectivity index (χ4v) is 2.28. The van der Waals surface area contributed by atoms with Gasteiger partial charge in [0, 0.05) is 32.4 Å². The highest BCUT2D eigenvalue weighted by Gasteiger charge is 2.07. The molecule has 108 valence electrons. The number of aromatic nitrogens is 3. The first kappa shape index (κ1) is 13.4. The molecule has 0 bridgehead atoms. The minimum absolute atomic E-state index is 0.0961. The maximum absolute atomic E-state index is 13.3. The Morgan fingerprint density at radius 3 is 3.00 bits per heavy atom. The summed E-state index contributed by atoms with van der Waals surface area (Å²) < 4.78 is 16.8. The maximum Gasteiger partial charge on any atom is 0.226 e. The van der Waals surface area contributed by atoms with E-state index in [1.165, 1.54) is 12.1 Å². The molecule has 2 heterocycles. The molecule has 0 saturated carbocycles. The van der Waals surface area contributed by atoms with Gasteiger partial charge < -0.3 is 9.88 Å². The molecule has 0 saturated heterocycles. The number of hydrogen-bond donors (Lipinski definition) is 1. The van der Waals surface area contributed by atoms with Crippen molar-refractivity contribution in [2.24, 2.45) is 7.05 Å². The van der Waals surface area contributed by atoms with Crippen molar-refractivity contribution in [1.82, 2.24) is 14.3 Å². The molecule has 0 aliphatic heterocycles. The number of carbonyl (C=O) groups excluding carboxylic acids is 1. The zero-order valence-corrected chi connectivity index (χ0v) is 11.6. The normalized spacial score (nSPS) is 11.0. The van der Waals surface area contributed by atoms with Gasteiger partial charge in [0.15, 0.2) is 0 Å². The minimum Gasteiger partial charge on any atom is -0.347 e. The lowest BCUT2D eigenvalue weighted by molar-refractivity contribution is -0.116. The Labute approximate surface area is 121 Å². The first-order valence-corrected chi connectivity index (χ1v) is 6.65. The molecule has 0 aliphatic rings. The third-order valence-corrected chi connectivity index (χ3v) is 3.30. The molecule has 3 aromatic rings. The van der Waals surface area contributed by atoms with E-state index in [0.717, 1.165) is 10.9 Å². The van der Waals surface area contributed by atoms with E-state index in [1.54, 1.807) is 30.2 Å². The first-order chi connectivity index (χ1) is 10.1. The van der Waals surface area contributed by atoms with Gasteiger partial charge in [0.1, 0.15) is 5.82 Å². The van der Waals surface area contributed by atoms with Gasteiger partial charge in [-0.1, -0.05) is 0 Å². The third-order valence-electron chi connectivity index (χ3n) is 3.30. The molecule has 3 rings (SSSR count). The summed E-state index contributed by atoms with van der Waals surface area (Å²) in [6.45, 7) is 0.499. The van der Waals surface area contributed by atoms with E-state index in [4.69, 9.17) is 0 Å². The Morgan fingerprint density at radius 1 is 1.38 bits per heavy atom. The number of hydrogen-bond acceptors (Lipinski definition) is 2. The molecular weight excluding hydrogens is 271 g/mol. The molecule has 0 spiro atoms. The smallest absolute Gasteiger partial charge is 0.226 e. The van der Waals surface area contributed by atoms with Crippen molar-refractivity contribution in [2.45, 2.75) is 13.0 Å². The number of anilines is 1. The highest BCUT2D eigenvalue weighted by atomic mass is 19.1. The molecule has 21 heavy (non-hydrogen) atoms. The van der Waals surface area contributed by atoms with Crippen LogP contribution in [0.5, 0.6) is 0 Å². The summed E-state index contributed by atoms with van der Waals surface area (Å²) >= 11 is 0. The second-order valence-electron chi connectivity index (χ2n) is 4.91. The lowest BCUT2D eigenvalue weighted by atomic mass is 10.2. The zero-order chi connectivity index (χ0) is 14.8. The molecule has 5 nitrogen and oxygen atoms in total. The number of fused-ring (bicyclic) bond motifs is 1. The highest BCUT2D eigenvalue weighted by molar-refractivity contribution is 5.90. The fraction of sp³-hybridized carbons (Fsp3) is 0.200. The Bertz CT molecular complexity index is 790. The van der Waals surface area contributed by atoms with Gasteiger partial charge >= 0.3 is 0 Å². The highest BCUT2D eigenvalue weighted by Crippen LogP contribution is 2.17. The van der Waals surface area contributed by atoms with Gasteiger partial charge in [0.2, 0.25) is 5.91 Å². The van der Waals surface area contributed by atoms with Crippen molar-refractivity contribution >= 4 is 22.5 Å². The molecule has 6 heteroatoms. The van der Waals surface area contributed by atoms with Crippen LogP contribution in [0.4, 0.5) is 10.1 Å². The predicted molar refractivity (Wildman–Crippen MR) is 78.4 cm³/mol. The molecule has 0 radical (unpaired) electrons. The van der Waals surface area contributed by atoms with Crippen LogP contribution in [0.2, 0.25) is 0 Å². The van der Waals surface area contributed by atoms with Crippen LogP contribution in [0.15, 0.2) is 42.9 Å². The number of aryl methyl sites for hydroxylation is 2. The van der Waals surface area contributed by atoms with Gasteiger partial charge in [-0.05, 0) is 29.7 Å². The number of nitrogens with zero attached hydrogens (tertiary/aromatic N) is 3. The quantitative estimate of drug-likeness (QED) is 0.801.